The molecule has 2 unspecified atom stereocenters. The summed E-state index contributed by atoms with van der Waals surface area (Å²) >= 11 is 0. The molecule has 3 aliphatic heterocycles. The van der Waals surface area contributed by atoms with E-state index in [0.717, 1.165) is 69.7 Å². The van der Waals surface area contributed by atoms with Crippen LogP contribution in [-0.2, 0) is 4.79 Å². The Bertz CT molecular complexity index is 1170. The van der Waals surface area contributed by atoms with Crippen LogP contribution in [0.25, 0.3) is 0 Å². The molecule has 6 rings (SSSR count). The number of hydrazone groups is 1. The lowest BCUT2D eigenvalue weighted by molar-refractivity contribution is -0.139. The minimum absolute atomic E-state index is 0.0261. The van der Waals surface area contributed by atoms with Crippen LogP contribution >= 0.6 is 0 Å². The summed E-state index contributed by atoms with van der Waals surface area (Å²) in [5.41, 5.74) is 5.95. The van der Waals surface area contributed by atoms with Crippen molar-refractivity contribution in [1.29, 1.82) is 0 Å². The highest BCUT2D eigenvalue weighted by atomic mass is 16.4. The van der Waals surface area contributed by atoms with Gasteiger partial charge in [0.05, 0.1) is 23.4 Å². The highest BCUT2D eigenvalue weighted by Crippen LogP contribution is 2.59. The van der Waals surface area contributed by atoms with Crippen molar-refractivity contribution < 1.29 is 15.0 Å². The average Bonchev–Trinajstić information content (AvgIpc) is 3.58. The number of hydrogen-bond acceptors (Lipinski definition) is 9. The van der Waals surface area contributed by atoms with Crippen molar-refractivity contribution in [1.82, 2.24) is 15.4 Å². The predicted molar refractivity (Wildman–Crippen MR) is 142 cm³/mol. The second-order valence-corrected chi connectivity index (χ2v) is 10.8. The lowest BCUT2D eigenvalue weighted by Crippen LogP contribution is -2.35. The van der Waals surface area contributed by atoms with Gasteiger partial charge < -0.3 is 25.3 Å². The van der Waals surface area contributed by atoms with Gasteiger partial charge in [0.1, 0.15) is 5.82 Å². The number of carbonyl (C=O) groups is 1. The molecule has 1 aromatic carbocycles. The van der Waals surface area contributed by atoms with E-state index in [1.807, 2.05) is 12.1 Å². The van der Waals surface area contributed by atoms with Crippen molar-refractivity contribution in [3.05, 3.63) is 35.5 Å². The van der Waals surface area contributed by atoms with E-state index >= 15 is 0 Å². The number of fused-ring (bicyclic) bond motifs is 1. The maximum absolute atomic E-state index is 11.4. The summed E-state index contributed by atoms with van der Waals surface area (Å²) in [4.78, 5) is 25.6. The van der Waals surface area contributed by atoms with Gasteiger partial charge in [0.2, 0.25) is 5.95 Å². The zero-order chi connectivity index (χ0) is 25.4. The van der Waals surface area contributed by atoms with Gasteiger partial charge in [0.15, 0.2) is 6.23 Å². The third kappa shape index (κ3) is 4.82. The van der Waals surface area contributed by atoms with Crippen molar-refractivity contribution in [3.8, 4) is 0 Å². The van der Waals surface area contributed by atoms with Crippen LogP contribution in [0.3, 0.4) is 0 Å². The molecule has 1 spiro atoms. The molecule has 37 heavy (non-hydrogen) atoms. The summed E-state index contributed by atoms with van der Waals surface area (Å²) in [6.07, 6.45) is 9.33. The number of nitrogens with one attached hydrogen (secondary N) is 2. The first-order valence-corrected chi connectivity index (χ1v) is 13.5. The lowest BCUT2D eigenvalue weighted by Gasteiger charge is -2.34. The van der Waals surface area contributed by atoms with Gasteiger partial charge in [0.25, 0.3) is 0 Å². The van der Waals surface area contributed by atoms with Crippen molar-refractivity contribution in [2.24, 2.45) is 16.4 Å². The van der Waals surface area contributed by atoms with Gasteiger partial charge in [-0.05, 0) is 61.8 Å². The maximum Gasteiger partial charge on any atom is 0.307 e. The molecule has 3 fully saturated rings. The standard InChI is InChI=1S/C27H35N7O3/c35-24-22-21(17-28-32-24)30-26(34-12-4-2-1-3-5-13-34)31-23(22)29-18-6-8-19(9-7-18)33-14-10-27(11-15-33)16-20(27)25(36)37/h6-9,17,20,24,32,35H,1-5,10-16H2,(H,36,37)(H,29,30,31). The fourth-order valence-electron chi connectivity index (χ4n) is 6.11. The van der Waals surface area contributed by atoms with Crippen LogP contribution in [0.1, 0.15) is 68.9 Å². The Labute approximate surface area is 216 Å². The first kappa shape index (κ1) is 24.0. The Morgan fingerprint density at radius 1 is 0.973 bits per heavy atom. The molecule has 0 radical (unpaired) electrons. The number of benzene rings is 1. The number of nitrogens with zero attached hydrogens (tertiary/aromatic N) is 5. The van der Waals surface area contributed by atoms with Crippen LogP contribution in [0.15, 0.2) is 29.4 Å². The summed E-state index contributed by atoms with van der Waals surface area (Å²) in [6.45, 7) is 3.61. The van der Waals surface area contributed by atoms with E-state index in [0.29, 0.717) is 23.0 Å². The molecule has 0 amide bonds. The van der Waals surface area contributed by atoms with Gasteiger partial charge in [-0.3, -0.25) is 10.2 Å². The number of aliphatic hydroxyl groups excluding tert-OH is 1. The van der Waals surface area contributed by atoms with Crippen LogP contribution < -0.4 is 20.5 Å². The molecular formula is C27H35N7O3. The highest BCUT2D eigenvalue weighted by molar-refractivity contribution is 5.84. The summed E-state index contributed by atoms with van der Waals surface area (Å²) in [6, 6.07) is 8.23. The fourth-order valence-corrected chi connectivity index (χ4v) is 6.11. The molecular weight excluding hydrogens is 470 g/mol. The van der Waals surface area contributed by atoms with E-state index in [9.17, 15) is 15.0 Å². The van der Waals surface area contributed by atoms with Gasteiger partial charge in [-0.15, -0.1) is 0 Å². The van der Waals surface area contributed by atoms with E-state index < -0.39 is 12.2 Å². The van der Waals surface area contributed by atoms with Crippen molar-refractivity contribution >= 4 is 35.3 Å². The quantitative estimate of drug-likeness (QED) is 0.482. The molecule has 0 bridgehead atoms. The summed E-state index contributed by atoms with van der Waals surface area (Å²) in [7, 11) is 0. The summed E-state index contributed by atoms with van der Waals surface area (Å²) in [5, 5.41) is 27.4. The largest absolute Gasteiger partial charge is 0.481 e. The molecule has 4 N–H and O–H groups in total. The maximum atomic E-state index is 11.4. The van der Waals surface area contributed by atoms with E-state index in [4.69, 9.17) is 9.97 Å². The van der Waals surface area contributed by atoms with Gasteiger partial charge in [-0.1, -0.05) is 19.3 Å². The number of aliphatic carboxylic acids is 1. The van der Waals surface area contributed by atoms with E-state index in [2.05, 4.69) is 37.8 Å². The second kappa shape index (κ2) is 9.81. The third-order valence-electron chi connectivity index (χ3n) is 8.50. The third-order valence-corrected chi connectivity index (χ3v) is 8.50. The Balaban J connectivity index is 1.19. The van der Waals surface area contributed by atoms with Crippen molar-refractivity contribution in [2.45, 2.75) is 57.6 Å². The first-order chi connectivity index (χ1) is 18.0. The average molecular weight is 506 g/mol. The molecule has 2 atom stereocenters. The Morgan fingerprint density at radius 2 is 1.68 bits per heavy atom. The van der Waals surface area contributed by atoms with Crippen molar-refractivity contribution in [3.63, 3.8) is 0 Å². The molecule has 2 aromatic rings. The van der Waals surface area contributed by atoms with Crippen LogP contribution in [0.2, 0.25) is 0 Å². The number of piperidine rings is 1. The van der Waals surface area contributed by atoms with Crippen LogP contribution in [0.5, 0.6) is 0 Å². The van der Waals surface area contributed by atoms with E-state index in [-0.39, 0.29) is 11.3 Å². The minimum atomic E-state index is -0.985. The normalized spacial score (nSPS) is 24.6. The van der Waals surface area contributed by atoms with Gasteiger partial charge in [-0.25, -0.2) is 4.98 Å². The van der Waals surface area contributed by atoms with Crippen LogP contribution in [-0.4, -0.2) is 58.5 Å². The molecule has 10 heteroatoms. The highest BCUT2D eigenvalue weighted by Gasteiger charge is 2.58. The molecule has 196 valence electrons. The van der Waals surface area contributed by atoms with E-state index in [1.54, 1.807) is 6.21 Å². The Hall–Kier alpha value is -3.40. The number of aliphatic hydroxyl groups is 1. The zero-order valence-electron chi connectivity index (χ0n) is 21.1. The Morgan fingerprint density at radius 3 is 2.35 bits per heavy atom. The SMILES string of the molecule is O=C(O)C1CC12CCN(c1ccc(Nc3nc(N4CCCCCCC4)nc4c3C(O)NN=C4)cc1)CC2. The first-order valence-electron chi connectivity index (χ1n) is 13.5. The Kier molecular flexibility index (Phi) is 6.36. The molecule has 4 heterocycles. The van der Waals surface area contributed by atoms with Crippen LogP contribution in [0, 0.1) is 11.3 Å². The number of carboxylic acids is 1. The number of aromatic nitrogens is 2. The number of hydrogen-bond donors (Lipinski definition) is 4. The number of anilines is 4. The van der Waals surface area contributed by atoms with Crippen LogP contribution in [0.4, 0.5) is 23.1 Å². The summed E-state index contributed by atoms with van der Waals surface area (Å²) < 4.78 is 0. The van der Waals surface area contributed by atoms with Gasteiger partial charge >= 0.3 is 5.97 Å². The molecule has 4 aliphatic rings. The molecule has 2 saturated heterocycles. The van der Waals surface area contributed by atoms with E-state index in [1.165, 1.54) is 19.3 Å². The number of carboxylic acid groups (broad SMARTS) is 1. The number of rotatable bonds is 5. The van der Waals surface area contributed by atoms with Gasteiger partial charge in [-0.2, -0.15) is 10.1 Å². The topological polar surface area (TPSA) is 126 Å². The monoisotopic (exact) mass is 505 g/mol. The zero-order valence-corrected chi connectivity index (χ0v) is 21.1. The lowest BCUT2D eigenvalue weighted by atomic mass is 9.90. The minimum Gasteiger partial charge on any atom is -0.481 e. The molecule has 1 saturated carbocycles. The fraction of sp³-hybridized carbons (Fsp3) is 0.556. The molecule has 1 aliphatic carbocycles. The molecule has 1 aromatic heterocycles. The predicted octanol–water partition coefficient (Wildman–Crippen LogP) is 3.61. The van der Waals surface area contributed by atoms with Crippen molar-refractivity contribution in [2.75, 3.05) is 41.3 Å². The summed E-state index contributed by atoms with van der Waals surface area (Å²) in [5.74, 6) is 0.451. The second-order valence-electron chi connectivity index (χ2n) is 10.8. The smallest absolute Gasteiger partial charge is 0.307 e. The molecule has 10 nitrogen and oxygen atoms in total. The van der Waals surface area contributed by atoms with Gasteiger partial charge in [0, 0.05) is 37.6 Å².